The van der Waals surface area contributed by atoms with Gasteiger partial charge in [0.1, 0.15) is 0 Å². The van der Waals surface area contributed by atoms with Crippen molar-refractivity contribution in [2.75, 3.05) is 12.0 Å². The van der Waals surface area contributed by atoms with Gasteiger partial charge in [0.15, 0.2) is 0 Å². The second-order valence-electron chi connectivity index (χ2n) is 4.61. The van der Waals surface area contributed by atoms with Crippen molar-refractivity contribution >= 4 is 35.0 Å². The Balaban J connectivity index is 1.99. The molecule has 2 atom stereocenters. The van der Waals surface area contributed by atoms with E-state index in [2.05, 4.69) is 11.6 Å². The van der Waals surface area contributed by atoms with Gasteiger partial charge in [-0.3, -0.25) is 4.79 Å². The van der Waals surface area contributed by atoms with Gasteiger partial charge >= 0.3 is 0 Å². The van der Waals surface area contributed by atoms with E-state index >= 15 is 0 Å². The van der Waals surface area contributed by atoms with E-state index in [9.17, 15) is 4.79 Å². The number of benzene rings is 1. The van der Waals surface area contributed by atoms with E-state index in [1.807, 2.05) is 11.8 Å². The Hall–Kier alpha value is -0.870. The first kappa shape index (κ1) is 13.6. The molecule has 2 unspecified atom stereocenters. The van der Waals surface area contributed by atoms with Crippen LogP contribution in [-0.2, 0) is 0 Å². The second-order valence-corrected chi connectivity index (χ2v) is 6.19. The first-order valence-electron chi connectivity index (χ1n) is 5.98. The van der Waals surface area contributed by atoms with E-state index in [-0.39, 0.29) is 11.9 Å². The van der Waals surface area contributed by atoms with Crippen LogP contribution in [0.4, 0.5) is 5.69 Å². The maximum atomic E-state index is 12.1. The topological polar surface area (TPSA) is 55.1 Å². The molecule has 0 radical (unpaired) electrons. The molecular weight excluding hydrogens is 268 g/mol. The van der Waals surface area contributed by atoms with Crippen LogP contribution >= 0.6 is 23.4 Å². The minimum atomic E-state index is -0.0871. The van der Waals surface area contributed by atoms with Crippen molar-refractivity contribution < 1.29 is 4.79 Å². The van der Waals surface area contributed by atoms with Gasteiger partial charge in [0, 0.05) is 27.6 Å². The molecule has 0 aliphatic heterocycles. The third-order valence-electron chi connectivity index (χ3n) is 3.24. The zero-order valence-electron chi connectivity index (χ0n) is 10.3. The quantitative estimate of drug-likeness (QED) is 0.839. The Kier molecular flexibility index (Phi) is 4.40. The maximum absolute atomic E-state index is 12.1. The molecule has 0 aromatic heterocycles. The van der Waals surface area contributed by atoms with Crippen molar-refractivity contribution in [1.82, 2.24) is 5.32 Å². The Morgan fingerprint density at radius 1 is 1.44 bits per heavy atom. The summed E-state index contributed by atoms with van der Waals surface area (Å²) in [5.41, 5.74) is 6.73. The van der Waals surface area contributed by atoms with Crippen LogP contribution in [0.15, 0.2) is 18.2 Å². The average molecular weight is 285 g/mol. The molecule has 1 saturated carbocycles. The zero-order chi connectivity index (χ0) is 13.1. The minimum Gasteiger partial charge on any atom is -0.399 e. The van der Waals surface area contributed by atoms with Crippen molar-refractivity contribution in [3.8, 4) is 0 Å². The lowest BCUT2D eigenvalue weighted by atomic mass is 10.1. The summed E-state index contributed by atoms with van der Waals surface area (Å²) in [6.07, 6.45) is 5.38. The number of hydrogen-bond donors (Lipinski definition) is 2. The monoisotopic (exact) mass is 284 g/mol. The van der Waals surface area contributed by atoms with Gasteiger partial charge in [0.05, 0.1) is 0 Å². The normalized spacial score (nSPS) is 23.0. The van der Waals surface area contributed by atoms with E-state index in [0.29, 0.717) is 21.5 Å². The molecule has 1 aromatic rings. The highest BCUT2D eigenvalue weighted by molar-refractivity contribution is 7.99. The second kappa shape index (κ2) is 5.85. The van der Waals surface area contributed by atoms with Crippen molar-refractivity contribution in [2.45, 2.75) is 30.6 Å². The molecule has 1 amide bonds. The summed E-state index contributed by atoms with van der Waals surface area (Å²) in [4.78, 5) is 12.1. The van der Waals surface area contributed by atoms with E-state index in [1.165, 1.54) is 6.42 Å². The van der Waals surface area contributed by atoms with Crippen molar-refractivity contribution in [1.29, 1.82) is 0 Å². The van der Waals surface area contributed by atoms with E-state index in [4.69, 9.17) is 17.3 Å². The van der Waals surface area contributed by atoms with Crippen LogP contribution in [0, 0.1) is 0 Å². The van der Waals surface area contributed by atoms with Crippen LogP contribution in [0.3, 0.4) is 0 Å². The predicted molar refractivity (Wildman–Crippen MR) is 78.3 cm³/mol. The maximum Gasteiger partial charge on any atom is 0.251 e. The molecule has 3 nitrogen and oxygen atoms in total. The summed E-state index contributed by atoms with van der Waals surface area (Å²) in [6.45, 7) is 0. The molecule has 0 spiro atoms. The van der Waals surface area contributed by atoms with Crippen LogP contribution < -0.4 is 11.1 Å². The number of hydrogen-bond acceptors (Lipinski definition) is 3. The molecule has 1 aliphatic rings. The highest BCUT2D eigenvalue weighted by Gasteiger charge is 2.25. The lowest BCUT2D eigenvalue weighted by Crippen LogP contribution is -2.33. The summed E-state index contributed by atoms with van der Waals surface area (Å²) in [7, 11) is 0. The fourth-order valence-corrected chi connectivity index (χ4v) is 3.34. The lowest BCUT2D eigenvalue weighted by Gasteiger charge is -2.13. The van der Waals surface area contributed by atoms with E-state index in [1.54, 1.807) is 18.2 Å². The number of rotatable bonds is 3. The van der Waals surface area contributed by atoms with Gasteiger partial charge in [-0.1, -0.05) is 11.6 Å². The molecular formula is C13H17ClN2OS. The predicted octanol–water partition coefficient (Wildman–Crippen LogP) is 2.94. The fraction of sp³-hybridized carbons (Fsp3) is 0.462. The summed E-state index contributed by atoms with van der Waals surface area (Å²) in [5.74, 6) is -0.0871. The molecule has 3 N–H and O–H groups in total. The first-order chi connectivity index (χ1) is 8.58. The number of nitrogen functional groups attached to an aromatic ring is 1. The number of amides is 1. The summed E-state index contributed by atoms with van der Waals surface area (Å²) < 4.78 is 0. The number of halogens is 1. The van der Waals surface area contributed by atoms with Crippen LogP contribution in [0.5, 0.6) is 0 Å². The van der Waals surface area contributed by atoms with Crippen molar-refractivity contribution in [3.05, 3.63) is 28.8 Å². The minimum absolute atomic E-state index is 0.0871. The Labute approximate surface area is 116 Å². The van der Waals surface area contributed by atoms with Gasteiger partial charge in [-0.2, -0.15) is 11.8 Å². The molecule has 18 heavy (non-hydrogen) atoms. The SMILES string of the molecule is CSC1CCC(NC(=O)c2cc(N)cc(Cl)c2)C1. The summed E-state index contributed by atoms with van der Waals surface area (Å²) >= 11 is 7.76. The largest absolute Gasteiger partial charge is 0.399 e. The molecule has 1 aromatic carbocycles. The molecule has 1 aliphatic carbocycles. The number of carbonyl (C=O) groups is 1. The van der Waals surface area contributed by atoms with E-state index < -0.39 is 0 Å². The standard InChI is InChI=1S/C13H17ClN2OS/c1-18-12-3-2-11(7-12)16-13(17)8-4-9(14)6-10(15)5-8/h4-6,11-12H,2-3,7,15H2,1H3,(H,16,17). The lowest BCUT2D eigenvalue weighted by molar-refractivity contribution is 0.0938. The van der Waals surface area contributed by atoms with Gasteiger partial charge in [-0.25, -0.2) is 0 Å². The molecule has 5 heteroatoms. The number of thioether (sulfide) groups is 1. The van der Waals surface area contributed by atoms with Crippen LogP contribution in [0.1, 0.15) is 29.6 Å². The third-order valence-corrected chi connectivity index (χ3v) is 4.55. The Morgan fingerprint density at radius 3 is 2.83 bits per heavy atom. The smallest absolute Gasteiger partial charge is 0.251 e. The number of anilines is 1. The van der Waals surface area contributed by atoms with Gasteiger partial charge in [-0.05, 0) is 43.7 Å². The van der Waals surface area contributed by atoms with Crippen LogP contribution in [0.25, 0.3) is 0 Å². The van der Waals surface area contributed by atoms with Gasteiger partial charge in [-0.15, -0.1) is 0 Å². The molecule has 0 bridgehead atoms. The highest BCUT2D eigenvalue weighted by atomic mass is 35.5. The number of nitrogens with one attached hydrogen (secondary N) is 1. The highest BCUT2D eigenvalue weighted by Crippen LogP contribution is 2.28. The van der Waals surface area contributed by atoms with Crippen LogP contribution in [-0.4, -0.2) is 23.5 Å². The number of nitrogens with two attached hydrogens (primary N) is 1. The Bertz CT molecular complexity index is 432. The van der Waals surface area contributed by atoms with E-state index in [0.717, 1.165) is 12.8 Å². The van der Waals surface area contributed by atoms with Gasteiger partial charge in [0.2, 0.25) is 0 Å². The number of carbonyl (C=O) groups excluding carboxylic acids is 1. The summed E-state index contributed by atoms with van der Waals surface area (Å²) in [6, 6.07) is 5.21. The van der Waals surface area contributed by atoms with Crippen molar-refractivity contribution in [3.63, 3.8) is 0 Å². The molecule has 0 saturated heterocycles. The average Bonchev–Trinajstić information content (AvgIpc) is 2.75. The molecule has 2 rings (SSSR count). The van der Waals surface area contributed by atoms with Crippen molar-refractivity contribution in [2.24, 2.45) is 0 Å². The fourth-order valence-electron chi connectivity index (χ4n) is 2.30. The first-order valence-corrected chi connectivity index (χ1v) is 7.65. The molecule has 98 valence electrons. The van der Waals surface area contributed by atoms with Gasteiger partial charge < -0.3 is 11.1 Å². The van der Waals surface area contributed by atoms with Crippen LogP contribution in [0.2, 0.25) is 5.02 Å². The third kappa shape index (κ3) is 3.33. The zero-order valence-corrected chi connectivity index (χ0v) is 11.9. The Morgan fingerprint density at radius 2 is 2.22 bits per heavy atom. The van der Waals surface area contributed by atoms with Gasteiger partial charge in [0.25, 0.3) is 5.91 Å². The summed E-state index contributed by atoms with van der Waals surface area (Å²) in [5, 5.41) is 4.21. The molecule has 0 heterocycles. The molecule has 1 fully saturated rings.